The Morgan fingerprint density at radius 2 is 2.16 bits per heavy atom. The molecule has 0 aliphatic carbocycles. The number of hydrogen-bond donors (Lipinski definition) is 1. The van der Waals surface area contributed by atoms with E-state index < -0.39 is 11.4 Å². The molecule has 3 heterocycles. The van der Waals surface area contributed by atoms with Gasteiger partial charge in [0.1, 0.15) is 23.3 Å². The van der Waals surface area contributed by atoms with Crippen molar-refractivity contribution in [2.75, 3.05) is 5.73 Å². The third-order valence-electron chi connectivity index (χ3n) is 3.74. The Morgan fingerprint density at radius 1 is 1.36 bits per heavy atom. The Bertz CT molecular complexity index is 1270. The first-order valence-electron chi connectivity index (χ1n) is 6.96. The number of aromatic nitrogens is 3. The highest BCUT2D eigenvalue weighted by atomic mass is 79.9. The molecular weight excluding hydrogens is 409 g/mol. The molecule has 0 bridgehead atoms. The summed E-state index contributed by atoms with van der Waals surface area (Å²) in [6.45, 7) is 0. The number of anilines is 1. The van der Waals surface area contributed by atoms with Crippen LogP contribution in [0.3, 0.4) is 0 Å². The minimum absolute atomic E-state index is 0.0543. The summed E-state index contributed by atoms with van der Waals surface area (Å²) in [4.78, 5) is 21.3. The summed E-state index contributed by atoms with van der Waals surface area (Å²) in [5.74, 6) is -0.656. The van der Waals surface area contributed by atoms with E-state index in [1.54, 1.807) is 16.0 Å². The van der Waals surface area contributed by atoms with E-state index in [9.17, 15) is 14.4 Å². The van der Waals surface area contributed by atoms with Gasteiger partial charge < -0.3 is 5.73 Å². The van der Waals surface area contributed by atoms with Gasteiger partial charge in [-0.3, -0.25) is 9.20 Å². The van der Waals surface area contributed by atoms with Crippen LogP contribution in [0.25, 0.3) is 27.1 Å². The van der Waals surface area contributed by atoms with E-state index in [4.69, 9.17) is 5.73 Å². The molecule has 4 aromatic rings. The SMILES string of the molecule is N#Cc1c(N)nc2c(c1-c1cc(Br)ccc1F)c(=O)nc1sccn12. The van der Waals surface area contributed by atoms with Crippen LogP contribution in [0.2, 0.25) is 0 Å². The molecule has 2 N–H and O–H groups in total. The predicted octanol–water partition coefficient (Wildman–Crippen LogP) is 3.33. The van der Waals surface area contributed by atoms with Crippen LogP contribution in [-0.4, -0.2) is 14.4 Å². The molecule has 1 aromatic carbocycles. The first-order chi connectivity index (χ1) is 12.0. The van der Waals surface area contributed by atoms with Crippen molar-refractivity contribution in [3.8, 4) is 17.2 Å². The van der Waals surface area contributed by atoms with Gasteiger partial charge in [0.05, 0.1) is 5.39 Å². The van der Waals surface area contributed by atoms with E-state index in [2.05, 4.69) is 25.9 Å². The van der Waals surface area contributed by atoms with Gasteiger partial charge in [-0.15, -0.1) is 11.3 Å². The lowest BCUT2D eigenvalue weighted by Crippen LogP contribution is -2.14. The van der Waals surface area contributed by atoms with Gasteiger partial charge in [-0.2, -0.15) is 10.2 Å². The van der Waals surface area contributed by atoms with Gasteiger partial charge >= 0.3 is 0 Å². The molecule has 0 aliphatic rings. The molecule has 0 spiro atoms. The standard InChI is InChI=1S/C16H7BrFN5OS/c17-7-1-2-10(18)8(5-7)11-9(6-19)13(20)21-14-12(11)15(24)22-16-23(14)3-4-25-16/h1-5H,(H2,20,21). The second kappa shape index (κ2) is 5.61. The highest BCUT2D eigenvalue weighted by Crippen LogP contribution is 2.35. The summed E-state index contributed by atoms with van der Waals surface area (Å²) in [5.41, 5.74) is 5.71. The first kappa shape index (κ1) is 15.7. The molecule has 25 heavy (non-hydrogen) atoms. The smallest absolute Gasteiger partial charge is 0.284 e. The lowest BCUT2D eigenvalue weighted by molar-refractivity contribution is 0.631. The number of pyridine rings is 1. The van der Waals surface area contributed by atoms with Crippen molar-refractivity contribution in [1.82, 2.24) is 14.4 Å². The van der Waals surface area contributed by atoms with Crippen LogP contribution in [-0.2, 0) is 0 Å². The second-order valence-electron chi connectivity index (χ2n) is 5.15. The highest BCUT2D eigenvalue weighted by molar-refractivity contribution is 9.10. The van der Waals surface area contributed by atoms with Gasteiger partial charge in [0, 0.05) is 27.2 Å². The molecule has 0 radical (unpaired) electrons. The number of nitrogen functional groups attached to an aromatic ring is 1. The first-order valence-corrected chi connectivity index (χ1v) is 8.63. The Labute approximate surface area is 152 Å². The van der Waals surface area contributed by atoms with Crippen LogP contribution in [0.1, 0.15) is 5.56 Å². The molecule has 0 unspecified atom stereocenters. The van der Waals surface area contributed by atoms with Gasteiger partial charge in [-0.1, -0.05) is 15.9 Å². The molecule has 6 nitrogen and oxygen atoms in total. The molecule has 122 valence electrons. The van der Waals surface area contributed by atoms with Crippen LogP contribution in [0.5, 0.6) is 0 Å². The monoisotopic (exact) mass is 415 g/mol. The van der Waals surface area contributed by atoms with Crippen molar-refractivity contribution in [1.29, 1.82) is 5.26 Å². The van der Waals surface area contributed by atoms with Crippen molar-refractivity contribution in [3.63, 3.8) is 0 Å². The summed E-state index contributed by atoms with van der Waals surface area (Å²) < 4.78 is 16.7. The molecule has 0 fully saturated rings. The summed E-state index contributed by atoms with van der Waals surface area (Å²) in [5, 5.41) is 11.3. The molecule has 0 aliphatic heterocycles. The second-order valence-corrected chi connectivity index (χ2v) is 6.94. The van der Waals surface area contributed by atoms with Gasteiger partial charge in [0.15, 0.2) is 10.6 Å². The zero-order chi connectivity index (χ0) is 17.7. The van der Waals surface area contributed by atoms with E-state index >= 15 is 0 Å². The lowest BCUT2D eigenvalue weighted by Gasteiger charge is -2.12. The van der Waals surface area contributed by atoms with Crippen LogP contribution in [0.4, 0.5) is 10.2 Å². The predicted molar refractivity (Wildman–Crippen MR) is 96.9 cm³/mol. The van der Waals surface area contributed by atoms with E-state index in [-0.39, 0.29) is 33.5 Å². The summed E-state index contributed by atoms with van der Waals surface area (Å²) in [7, 11) is 0. The number of rotatable bonds is 1. The summed E-state index contributed by atoms with van der Waals surface area (Å²) in [6, 6.07) is 6.19. The zero-order valence-corrected chi connectivity index (χ0v) is 14.7. The fourth-order valence-electron chi connectivity index (χ4n) is 2.70. The fraction of sp³-hybridized carbons (Fsp3) is 0. The molecule has 0 saturated heterocycles. The number of nitrogens with zero attached hydrogens (tertiary/aromatic N) is 4. The average molecular weight is 416 g/mol. The van der Waals surface area contributed by atoms with Crippen LogP contribution in [0.15, 0.2) is 39.0 Å². The Hall–Kier alpha value is -2.83. The molecular formula is C16H7BrFN5OS. The Kier molecular flexibility index (Phi) is 3.52. The molecule has 4 rings (SSSR count). The van der Waals surface area contributed by atoms with Crippen LogP contribution in [0, 0.1) is 17.1 Å². The van der Waals surface area contributed by atoms with Crippen LogP contribution < -0.4 is 11.3 Å². The normalized spacial score (nSPS) is 11.1. The minimum Gasteiger partial charge on any atom is -0.383 e. The van der Waals surface area contributed by atoms with Gasteiger partial charge in [-0.25, -0.2) is 9.37 Å². The Balaban J connectivity index is 2.32. The maximum absolute atomic E-state index is 14.5. The van der Waals surface area contributed by atoms with Crippen molar-refractivity contribution in [2.45, 2.75) is 0 Å². The number of benzene rings is 1. The van der Waals surface area contributed by atoms with Crippen molar-refractivity contribution in [3.05, 3.63) is 56.0 Å². The highest BCUT2D eigenvalue weighted by Gasteiger charge is 2.22. The zero-order valence-electron chi connectivity index (χ0n) is 12.3. The van der Waals surface area contributed by atoms with Crippen LogP contribution >= 0.6 is 27.3 Å². The number of thiazole rings is 1. The number of nitriles is 1. The fourth-order valence-corrected chi connectivity index (χ4v) is 3.76. The number of hydrogen-bond acceptors (Lipinski definition) is 6. The van der Waals surface area contributed by atoms with Crippen molar-refractivity contribution >= 4 is 49.1 Å². The summed E-state index contributed by atoms with van der Waals surface area (Å²) in [6.07, 6.45) is 1.69. The number of fused-ring (bicyclic) bond motifs is 3. The summed E-state index contributed by atoms with van der Waals surface area (Å²) >= 11 is 4.54. The maximum atomic E-state index is 14.5. The molecule has 9 heteroatoms. The van der Waals surface area contributed by atoms with E-state index in [0.717, 1.165) is 0 Å². The quantitative estimate of drug-likeness (QED) is 0.514. The van der Waals surface area contributed by atoms with Gasteiger partial charge in [0.2, 0.25) is 0 Å². The van der Waals surface area contributed by atoms with Crippen molar-refractivity contribution in [2.24, 2.45) is 0 Å². The van der Waals surface area contributed by atoms with Gasteiger partial charge in [-0.05, 0) is 18.2 Å². The molecule has 0 amide bonds. The molecule has 0 saturated carbocycles. The Morgan fingerprint density at radius 3 is 2.92 bits per heavy atom. The maximum Gasteiger partial charge on any atom is 0.284 e. The largest absolute Gasteiger partial charge is 0.383 e. The van der Waals surface area contributed by atoms with Gasteiger partial charge in [0.25, 0.3) is 5.56 Å². The molecule has 0 atom stereocenters. The third kappa shape index (κ3) is 2.30. The van der Waals surface area contributed by atoms with Crippen molar-refractivity contribution < 1.29 is 4.39 Å². The van der Waals surface area contributed by atoms with E-state index in [0.29, 0.717) is 9.43 Å². The average Bonchev–Trinajstić information content (AvgIpc) is 3.04. The molecule has 3 aromatic heterocycles. The van der Waals surface area contributed by atoms with E-state index in [1.807, 2.05) is 6.07 Å². The topological polar surface area (TPSA) is 97.1 Å². The lowest BCUT2D eigenvalue weighted by atomic mass is 9.97. The minimum atomic E-state index is -0.587. The third-order valence-corrected chi connectivity index (χ3v) is 4.99. The number of halogens is 2. The van der Waals surface area contributed by atoms with E-state index in [1.165, 1.54) is 29.5 Å². The number of nitrogens with two attached hydrogens (primary N) is 1.